The van der Waals surface area contributed by atoms with Gasteiger partial charge in [-0.05, 0) is 87.3 Å². The summed E-state index contributed by atoms with van der Waals surface area (Å²) in [7, 11) is 0. The first kappa shape index (κ1) is 37.8. The molecule has 0 radical (unpaired) electrons. The Labute approximate surface area is 281 Å². The Morgan fingerprint density at radius 1 is 1.00 bits per heavy atom. The molecule has 7 heteroatoms. The molecule has 1 aliphatic carbocycles. The quantitative estimate of drug-likeness (QED) is 0.252. The lowest BCUT2D eigenvalue weighted by Crippen LogP contribution is -2.50. The zero-order chi connectivity index (χ0) is 33.6. The zero-order valence-corrected chi connectivity index (χ0v) is 30.3. The predicted octanol–water partition coefficient (Wildman–Crippen LogP) is 6.96. The van der Waals surface area contributed by atoms with Gasteiger partial charge in [0, 0.05) is 76.7 Å². The fourth-order valence-electron chi connectivity index (χ4n) is 7.19. The van der Waals surface area contributed by atoms with E-state index in [0.717, 1.165) is 71.0 Å². The van der Waals surface area contributed by atoms with Gasteiger partial charge in [-0.15, -0.1) is 0 Å². The first-order valence-electron chi connectivity index (χ1n) is 18.4. The van der Waals surface area contributed by atoms with Crippen molar-refractivity contribution in [1.29, 1.82) is 0 Å². The molecule has 7 nitrogen and oxygen atoms in total. The number of likely N-dealkylation sites (tertiary alicyclic amines) is 2. The van der Waals surface area contributed by atoms with E-state index in [1.54, 1.807) is 6.92 Å². The van der Waals surface area contributed by atoms with Gasteiger partial charge in [0.1, 0.15) is 0 Å². The van der Waals surface area contributed by atoms with Crippen molar-refractivity contribution in [2.75, 3.05) is 52.4 Å². The number of rotatable bonds is 12. The van der Waals surface area contributed by atoms with Crippen molar-refractivity contribution in [2.45, 2.75) is 112 Å². The number of aryl methyl sites for hydroxylation is 1. The van der Waals surface area contributed by atoms with Gasteiger partial charge in [-0.25, -0.2) is 0 Å². The number of aromatic nitrogens is 1. The highest BCUT2D eigenvalue weighted by Crippen LogP contribution is 2.48. The molecule has 1 aromatic heterocycles. The third-order valence-electron chi connectivity index (χ3n) is 10.0. The largest absolute Gasteiger partial charge is 0.361 e. The standard InChI is InChI=1S/C28H44N4O.C9H15NO.C2H6/c1-5-8-24(4)10-12-27-26(25(21-29-27)11-9-23(2)3)13-16-30-17-19-31(20-18-30)22-28(33)32-14-6-7-15-32;1-3-8-4-7-5-9(7)10(8)6(2)11;1-2/h5,8,10,12,21,23,29H,1,6-7,9,11,13-20,22H2,2-4H3;7-9H,3-5H2,1-2H3;1-2H3/b12-10+,24-8-;;. The maximum absolute atomic E-state index is 12.5. The third kappa shape index (κ3) is 11.3. The molecule has 4 aliphatic rings. The fraction of sp³-hybridized carbons (Fsp3) is 0.692. The van der Waals surface area contributed by atoms with Gasteiger partial charge in [0.15, 0.2) is 0 Å². The van der Waals surface area contributed by atoms with Crippen LogP contribution in [0.1, 0.15) is 104 Å². The van der Waals surface area contributed by atoms with E-state index in [9.17, 15) is 9.59 Å². The number of H-pyrrole nitrogens is 1. The number of carbonyl (C=O) groups is 2. The second-order valence-electron chi connectivity index (χ2n) is 13.9. The topological polar surface area (TPSA) is 62.9 Å². The number of hydrogen-bond acceptors (Lipinski definition) is 4. The minimum atomic E-state index is 0.279. The molecule has 0 bridgehead atoms. The highest BCUT2D eigenvalue weighted by molar-refractivity contribution is 5.78. The molecule has 5 rings (SSSR count). The SMILES string of the molecule is C=C/C=C(C)\C=C\c1[nH]cc(CCC(C)C)c1CCN1CCN(CC(=O)N2CCCC2)CC1.CC.CCC1CC2CC2N1C(C)=O. The van der Waals surface area contributed by atoms with Crippen LogP contribution >= 0.6 is 0 Å². The molecule has 1 aromatic rings. The molecule has 1 saturated carbocycles. The summed E-state index contributed by atoms with van der Waals surface area (Å²) >= 11 is 0. The first-order valence-corrected chi connectivity index (χ1v) is 18.4. The van der Waals surface area contributed by atoms with E-state index in [1.807, 2.05) is 30.9 Å². The van der Waals surface area contributed by atoms with Gasteiger partial charge in [-0.3, -0.25) is 14.5 Å². The normalized spacial score (nSPS) is 23.2. The minimum Gasteiger partial charge on any atom is -0.361 e. The lowest BCUT2D eigenvalue weighted by molar-refractivity contribution is -0.132. The van der Waals surface area contributed by atoms with E-state index in [4.69, 9.17) is 0 Å². The smallest absolute Gasteiger partial charge is 0.236 e. The molecule has 3 aliphatic heterocycles. The highest BCUT2D eigenvalue weighted by Gasteiger charge is 2.52. The van der Waals surface area contributed by atoms with E-state index < -0.39 is 0 Å². The summed E-state index contributed by atoms with van der Waals surface area (Å²) < 4.78 is 0. The lowest BCUT2D eigenvalue weighted by Gasteiger charge is -2.35. The van der Waals surface area contributed by atoms with E-state index in [1.165, 1.54) is 54.5 Å². The van der Waals surface area contributed by atoms with E-state index in [2.05, 4.69) is 72.3 Å². The van der Waals surface area contributed by atoms with Crippen LogP contribution in [0.2, 0.25) is 0 Å². The summed E-state index contributed by atoms with van der Waals surface area (Å²) in [5, 5.41) is 0. The van der Waals surface area contributed by atoms with Gasteiger partial charge in [0.05, 0.1) is 6.54 Å². The number of piperazine rings is 1. The summed E-state index contributed by atoms with van der Waals surface area (Å²) in [5.74, 6) is 2.17. The van der Waals surface area contributed by atoms with Gasteiger partial charge >= 0.3 is 0 Å². The van der Waals surface area contributed by atoms with Gasteiger partial charge in [-0.1, -0.05) is 65.0 Å². The van der Waals surface area contributed by atoms with Crippen LogP contribution in [-0.2, 0) is 22.4 Å². The summed E-state index contributed by atoms with van der Waals surface area (Å²) in [5.41, 5.74) is 5.36. The van der Waals surface area contributed by atoms with Crippen LogP contribution in [-0.4, -0.2) is 101 Å². The van der Waals surface area contributed by atoms with Gasteiger partial charge < -0.3 is 19.7 Å². The second-order valence-corrected chi connectivity index (χ2v) is 13.9. The number of piperidine rings is 1. The average Bonchev–Trinajstić information content (AvgIpc) is 3.41. The molecule has 3 atom stereocenters. The molecule has 46 heavy (non-hydrogen) atoms. The number of carbonyl (C=O) groups excluding carboxylic acids is 2. The molecule has 3 saturated heterocycles. The van der Waals surface area contributed by atoms with Crippen molar-refractivity contribution in [3.63, 3.8) is 0 Å². The van der Waals surface area contributed by atoms with Crippen LogP contribution < -0.4 is 0 Å². The number of hydrogen-bond donors (Lipinski definition) is 1. The van der Waals surface area contributed by atoms with Crippen LogP contribution in [0.25, 0.3) is 6.08 Å². The number of allylic oxidation sites excluding steroid dienone is 4. The Morgan fingerprint density at radius 2 is 1.67 bits per heavy atom. The average molecular weight is 636 g/mol. The Morgan fingerprint density at radius 3 is 2.26 bits per heavy atom. The number of fused-ring (bicyclic) bond motifs is 1. The number of amides is 2. The molecular formula is C39H65N5O2. The van der Waals surface area contributed by atoms with Crippen molar-refractivity contribution in [3.8, 4) is 0 Å². The molecule has 0 spiro atoms. The number of aromatic amines is 1. The molecule has 0 aromatic carbocycles. The summed E-state index contributed by atoms with van der Waals surface area (Å²) in [4.78, 5) is 36.2. The Bertz CT molecular complexity index is 1150. The van der Waals surface area contributed by atoms with E-state index in [0.29, 0.717) is 30.5 Å². The summed E-state index contributed by atoms with van der Waals surface area (Å²) in [6.45, 7) is 26.0. The highest BCUT2D eigenvalue weighted by atomic mass is 16.2. The Hall–Kier alpha value is -2.64. The first-order chi connectivity index (χ1) is 22.2. The molecule has 4 heterocycles. The van der Waals surface area contributed by atoms with Gasteiger partial charge in [0.25, 0.3) is 0 Å². The molecular weight excluding hydrogens is 570 g/mol. The van der Waals surface area contributed by atoms with Crippen LogP contribution in [0.5, 0.6) is 0 Å². The van der Waals surface area contributed by atoms with Crippen molar-refractivity contribution in [3.05, 3.63) is 53.4 Å². The maximum atomic E-state index is 12.5. The van der Waals surface area contributed by atoms with Crippen molar-refractivity contribution >= 4 is 17.9 Å². The molecule has 3 unspecified atom stereocenters. The summed E-state index contributed by atoms with van der Waals surface area (Å²) in [6, 6.07) is 1.20. The number of nitrogens with zero attached hydrogens (tertiary/aromatic N) is 4. The monoisotopic (exact) mass is 636 g/mol. The Kier molecular flexibility index (Phi) is 15.8. The fourth-order valence-corrected chi connectivity index (χ4v) is 7.19. The lowest BCUT2D eigenvalue weighted by atomic mass is 9.98. The van der Waals surface area contributed by atoms with Crippen LogP contribution in [0.3, 0.4) is 0 Å². The Balaban J connectivity index is 0.000000367. The summed E-state index contributed by atoms with van der Waals surface area (Å²) in [6.07, 6.45) is 19.9. The minimum absolute atomic E-state index is 0.279. The van der Waals surface area contributed by atoms with Gasteiger partial charge in [-0.2, -0.15) is 0 Å². The zero-order valence-electron chi connectivity index (χ0n) is 30.3. The second kappa shape index (κ2) is 19.2. The predicted molar refractivity (Wildman–Crippen MR) is 194 cm³/mol. The molecule has 4 fully saturated rings. The van der Waals surface area contributed by atoms with E-state index in [-0.39, 0.29) is 5.91 Å². The van der Waals surface area contributed by atoms with Crippen molar-refractivity contribution < 1.29 is 9.59 Å². The van der Waals surface area contributed by atoms with Crippen LogP contribution in [0, 0.1) is 11.8 Å². The van der Waals surface area contributed by atoms with Crippen LogP contribution in [0.4, 0.5) is 0 Å². The van der Waals surface area contributed by atoms with E-state index >= 15 is 0 Å². The molecule has 258 valence electrons. The molecule has 2 amide bonds. The maximum Gasteiger partial charge on any atom is 0.236 e. The van der Waals surface area contributed by atoms with Crippen LogP contribution in [0.15, 0.2) is 36.6 Å². The van der Waals surface area contributed by atoms with Gasteiger partial charge in [0.2, 0.25) is 11.8 Å². The number of nitrogens with one attached hydrogen (secondary N) is 1. The van der Waals surface area contributed by atoms with Crippen molar-refractivity contribution in [2.24, 2.45) is 11.8 Å². The third-order valence-corrected chi connectivity index (χ3v) is 10.0. The van der Waals surface area contributed by atoms with Crippen molar-refractivity contribution in [1.82, 2.24) is 24.6 Å². The molecule has 1 N–H and O–H groups in total.